The predicted octanol–water partition coefficient (Wildman–Crippen LogP) is 5.30. The van der Waals surface area contributed by atoms with E-state index in [4.69, 9.17) is 9.47 Å². The quantitative estimate of drug-likeness (QED) is 0.607. The standard InChI is InChI=1S/C11H20FNO.C9H17NO.2C2H6/c1-9(2)14-8-11-4-3-5-13(11)7-10(12)6-11;1-11-8-9-4-2-6-10(9)7-3-5-9;2*1-2/h9-10H,3-8H2,1-2H3;2-8H2,1H3;2*1-2H3. The Morgan fingerprint density at radius 1 is 0.862 bits per heavy atom. The number of ether oxygens (including phenoxy) is 2. The lowest BCUT2D eigenvalue weighted by Gasteiger charge is -2.32. The molecule has 0 saturated carbocycles. The molecule has 29 heavy (non-hydrogen) atoms. The summed E-state index contributed by atoms with van der Waals surface area (Å²) in [6.45, 7) is 18.0. The molecule has 4 heterocycles. The van der Waals surface area contributed by atoms with Gasteiger partial charge in [0.1, 0.15) is 6.17 Å². The topological polar surface area (TPSA) is 24.9 Å². The molecule has 2 unspecified atom stereocenters. The molecule has 0 aromatic heterocycles. The molecule has 4 saturated heterocycles. The molecule has 0 aliphatic carbocycles. The second-order valence-electron chi connectivity index (χ2n) is 8.79. The van der Waals surface area contributed by atoms with E-state index in [-0.39, 0.29) is 11.6 Å². The number of rotatable bonds is 5. The summed E-state index contributed by atoms with van der Waals surface area (Å²) in [5.74, 6) is 0. The van der Waals surface area contributed by atoms with Gasteiger partial charge in [0.25, 0.3) is 0 Å². The molecule has 5 heteroatoms. The van der Waals surface area contributed by atoms with Crippen LogP contribution in [0.1, 0.15) is 86.5 Å². The van der Waals surface area contributed by atoms with Crippen LogP contribution in [0.2, 0.25) is 0 Å². The van der Waals surface area contributed by atoms with Crippen LogP contribution in [0, 0.1) is 0 Å². The Labute approximate surface area is 180 Å². The van der Waals surface area contributed by atoms with E-state index in [0.717, 1.165) is 19.6 Å². The first-order chi connectivity index (χ1) is 14.0. The van der Waals surface area contributed by atoms with Crippen LogP contribution in [0.4, 0.5) is 4.39 Å². The maximum Gasteiger partial charge on any atom is 0.115 e. The Balaban J connectivity index is 0.000000252. The van der Waals surface area contributed by atoms with Crippen molar-refractivity contribution in [3.05, 3.63) is 0 Å². The highest BCUT2D eigenvalue weighted by atomic mass is 19.1. The van der Waals surface area contributed by atoms with Gasteiger partial charge in [-0.25, -0.2) is 4.39 Å². The third kappa shape index (κ3) is 6.88. The summed E-state index contributed by atoms with van der Waals surface area (Å²) in [4.78, 5) is 4.91. The molecule has 0 radical (unpaired) electrons. The zero-order valence-electron chi connectivity index (χ0n) is 20.4. The van der Waals surface area contributed by atoms with Gasteiger partial charge in [0, 0.05) is 31.2 Å². The first-order valence-corrected chi connectivity index (χ1v) is 12.2. The molecular weight excluding hydrogens is 367 g/mol. The average Bonchev–Trinajstić information content (AvgIpc) is 3.44. The van der Waals surface area contributed by atoms with Crippen molar-refractivity contribution in [2.75, 3.05) is 46.5 Å². The van der Waals surface area contributed by atoms with Crippen molar-refractivity contribution >= 4 is 0 Å². The number of nitrogens with zero attached hydrogens (tertiary/aromatic N) is 2. The molecule has 0 amide bonds. The van der Waals surface area contributed by atoms with Gasteiger partial charge < -0.3 is 9.47 Å². The molecule has 4 rings (SSSR count). The molecule has 0 N–H and O–H groups in total. The summed E-state index contributed by atoms with van der Waals surface area (Å²) < 4.78 is 24.3. The summed E-state index contributed by atoms with van der Waals surface area (Å²) >= 11 is 0. The van der Waals surface area contributed by atoms with Crippen LogP contribution in [0.25, 0.3) is 0 Å². The van der Waals surface area contributed by atoms with Crippen LogP contribution in [-0.4, -0.2) is 79.7 Å². The van der Waals surface area contributed by atoms with E-state index in [2.05, 4.69) is 9.80 Å². The SMILES string of the molecule is CC.CC.CC(C)OCC12CCCN1CC(F)C2.COCC12CCCN1CCC2. The summed E-state index contributed by atoms with van der Waals surface area (Å²) in [6.07, 6.45) is 8.10. The van der Waals surface area contributed by atoms with E-state index >= 15 is 0 Å². The highest BCUT2D eigenvalue weighted by Gasteiger charge is 2.48. The van der Waals surface area contributed by atoms with Crippen molar-refractivity contribution in [3.63, 3.8) is 0 Å². The number of hydrogen-bond acceptors (Lipinski definition) is 4. The van der Waals surface area contributed by atoms with Crippen molar-refractivity contribution in [1.29, 1.82) is 0 Å². The van der Waals surface area contributed by atoms with Gasteiger partial charge in [-0.05, 0) is 72.0 Å². The number of methoxy groups -OCH3 is 1. The zero-order chi connectivity index (χ0) is 21.9. The Morgan fingerprint density at radius 2 is 1.38 bits per heavy atom. The van der Waals surface area contributed by atoms with Crippen LogP contribution in [0.15, 0.2) is 0 Å². The average molecular weight is 417 g/mol. The van der Waals surface area contributed by atoms with Crippen LogP contribution in [0.3, 0.4) is 0 Å². The number of hydrogen-bond donors (Lipinski definition) is 0. The van der Waals surface area contributed by atoms with Crippen molar-refractivity contribution in [3.8, 4) is 0 Å². The molecule has 4 aliphatic heterocycles. The fraction of sp³-hybridized carbons (Fsp3) is 1.00. The molecule has 0 aromatic carbocycles. The minimum Gasteiger partial charge on any atom is -0.383 e. The molecule has 0 bridgehead atoms. The molecule has 0 aromatic rings. The summed E-state index contributed by atoms with van der Waals surface area (Å²) in [5, 5.41) is 0. The highest BCUT2D eigenvalue weighted by Crippen LogP contribution is 2.40. The van der Waals surface area contributed by atoms with Gasteiger partial charge in [-0.2, -0.15) is 0 Å². The number of halogens is 1. The van der Waals surface area contributed by atoms with Crippen LogP contribution >= 0.6 is 0 Å². The second-order valence-corrected chi connectivity index (χ2v) is 8.79. The fourth-order valence-corrected chi connectivity index (χ4v) is 5.50. The monoisotopic (exact) mass is 416 g/mol. The first-order valence-electron chi connectivity index (χ1n) is 12.2. The van der Waals surface area contributed by atoms with Crippen LogP contribution in [-0.2, 0) is 9.47 Å². The first kappa shape index (κ1) is 26.8. The van der Waals surface area contributed by atoms with Gasteiger partial charge in [-0.15, -0.1) is 0 Å². The molecule has 4 fully saturated rings. The molecule has 2 atom stereocenters. The Morgan fingerprint density at radius 3 is 1.90 bits per heavy atom. The lowest BCUT2D eigenvalue weighted by Crippen LogP contribution is -2.43. The largest absolute Gasteiger partial charge is 0.383 e. The Bertz CT molecular complexity index is 425. The van der Waals surface area contributed by atoms with Gasteiger partial charge in [0.2, 0.25) is 0 Å². The fourth-order valence-electron chi connectivity index (χ4n) is 5.50. The normalized spacial score (nSPS) is 29.9. The van der Waals surface area contributed by atoms with Gasteiger partial charge >= 0.3 is 0 Å². The summed E-state index contributed by atoms with van der Waals surface area (Å²) in [7, 11) is 1.82. The smallest absolute Gasteiger partial charge is 0.115 e. The van der Waals surface area contributed by atoms with Crippen LogP contribution in [0.5, 0.6) is 0 Å². The Kier molecular flexibility index (Phi) is 12.2. The van der Waals surface area contributed by atoms with E-state index in [1.165, 1.54) is 45.2 Å². The highest BCUT2D eigenvalue weighted by molar-refractivity contribution is 5.03. The van der Waals surface area contributed by atoms with Crippen molar-refractivity contribution < 1.29 is 13.9 Å². The lowest BCUT2D eigenvalue weighted by atomic mass is 9.95. The Hall–Kier alpha value is -0.230. The number of fused-ring (bicyclic) bond motifs is 2. The van der Waals surface area contributed by atoms with Gasteiger partial charge in [-0.1, -0.05) is 27.7 Å². The summed E-state index contributed by atoms with van der Waals surface area (Å²) in [5.41, 5.74) is 0.512. The molecule has 174 valence electrons. The van der Waals surface area contributed by atoms with E-state index in [1.807, 2.05) is 48.7 Å². The minimum absolute atomic E-state index is 0.0453. The van der Waals surface area contributed by atoms with E-state index in [1.54, 1.807) is 0 Å². The van der Waals surface area contributed by atoms with E-state index in [9.17, 15) is 4.39 Å². The van der Waals surface area contributed by atoms with Crippen LogP contribution < -0.4 is 0 Å². The molecule has 0 spiro atoms. The van der Waals surface area contributed by atoms with E-state index < -0.39 is 6.17 Å². The molecule has 4 aliphatic rings. The lowest BCUT2D eigenvalue weighted by molar-refractivity contribution is 0.00276. The molecule has 4 nitrogen and oxygen atoms in total. The van der Waals surface area contributed by atoms with Gasteiger partial charge in [0.05, 0.1) is 19.3 Å². The maximum atomic E-state index is 13.3. The molecular formula is C24H49FN2O2. The van der Waals surface area contributed by atoms with Gasteiger partial charge in [-0.3, -0.25) is 9.80 Å². The predicted molar refractivity (Wildman–Crippen MR) is 121 cm³/mol. The van der Waals surface area contributed by atoms with Gasteiger partial charge in [0.15, 0.2) is 0 Å². The summed E-state index contributed by atoms with van der Waals surface area (Å²) in [6, 6.07) is 0. The third-order valence-electron chi connectivity index (χ3n) is 6.67. The maximum absolute atomic E-state index is 13.3. The minimum atomic E-state index is -0.633. The van der Waals surface area contributed by atoms with Crippen molar-refractivity contribution in [2.45, 2.75) is 110 Å². The zero-order valence-corrected chi connectivity index (χ0v) is 20.4. The second kappa shape index (κ2) is 13.2. The van der Waals surface area contributed by atoms with Crippen molar-refractivity contribution in [2.24, 2.45) is 0 Å². The van der Waals surface area contributed by atoms with E-state index in [0.29, 0.717) is 25.1 Å². The third-order valence-corrected chi connectivity index (χ3v) is 6.67. The number of alkyl halides is 1. The van der Waals surface area contributed by atoms with Crippen molar-refractivity contribution in [1.82, 2.24) is 9.80 Å².